The molecule has 0 bridgehead atoms. The van der Waals surface area contributed by atoms with Crippen LogP contribution >= 0.6 is 39.1 Å². The fourth-order valence-electron chi connectivity index (χ4n) is 2.33. The van der Waals surface area contributed by atoms with E-state index in [0.29, 0.717) is 11.3 Å². The number of rotatable bonds is 3. The van der Waals surface area contributed by atoms with Crippen molar-refractivity contribution in [2.45, 2.75) is 6.92 Å². The molecule has 0 fully saturated rings. The van der Waals surface area contributed by atoms with E-state index in [1.165, 1.54) is 6.07 Å². The van der Waals surface area contributed by atoms with Crippen LogP contribution in [-0.2, 0) is 0 Å². The topological polar surface area (TPSA) is 89.5 Å². The van der Waals surface area contributed by atoms with Crippen molar-refractivity contribution in [2.24, 2.45) is 0 Å². The van der Waals surface area contributed by atoms with Crippen LogP contribution in [0, 0.1) is 17.0 Å². The molecule has 128 valence electrons. The Morgan fingerprint density at radius 2 is 2.08 bits per heavy atom. The highest BCUT2D eigenvalue weighted by Crippen LogP contribution is 2.34. The summed E-state index contributed by atoms with van der Waals surface area (Å²) in [6.07, 6.45) is 1.78. The summed E-state index contributed by atoms with van der Waals surface area (Å²) in [5, 5.41) is 13.4. The van der Waals surface area contributed by atoms with Gasteiger partial charge in [-0.05, 0) is 41.1 Å². The number of benzene rings is 1. The molecule has 3 rings (SSSR count). The third-order valence-electron chi connectivity index (χ3n) is 3.49. The van der Waals surface area contributed by atoms with Crippen LogP contribution in [0.4, 0.5) is 11.4 Å². The van der Waals surface area contributed by atoms with Crippen molar-refractivity contribution in [3.63, 3.8) is 0 Å². The average Bonchev–Trinajstić information content (AvgIpc) is 2.83. The molecule has 3 aromatic rings. The zero-order valence-electron chi connectivity index (χ0n) is 12.6. The molecule has 1 aromatic carbocycles. The lowest BCUT2D eigenvalue weighted by atomic mass is 10.1. The van der Waals surface area contributed by atoms with Crippen LogP contribution in [0.25, 0.3) is 5.65 Å². The van der Waals surface area contributed by atoms with Crippen molar-refractivity contribution in [3.05, 3.63) is 66.5 Å². The van der Waals surface area contributed by atoms with Crippen LogP contribution in [0.15, 0.2) is 35.1 Å². The Kier molecular flexibility index (Phi) is 4.68. The molecule has 1 amide bonds. The summed E-state index contributed by atoms with van der Waals surface area (Å²) in [6.45, 7) is 1.82. The van der Waals surface area contributed by atoms with E-state index < -0.39 is 16.5 Å². The van der Waals surface area contributed by atoms with Crippen LogP contribution in [0.5, 0.6) is 0 Å². The molecule has 0 aliphatic carbocycles. The second-order valence-electron chi connectivity index (χ2n) is 5.07. The summed E-state index contributed by atoms with van der Waals surface area (Å²) >= 11 is 15.4. The number of hydrogen-bond acceptors (Lipinski definition) is 4. The van der Waals surface area contributed by atoms with E-state index in [1.54, 1.807) is 22.7 Å². The summed E-state index contributed by atoms with van der Waals surface area (Å²) in [7, 11) is 0. The number of pyridine rings is 1. The summed E-state index contributed by atoms with van der Waals surface area (Å²) in [6, 6.07) is 5.80. The molecule has 1 N–H and O–H groups in total. The zero-order chi connectivity index (χ0) is 18.3. The van der Waals surface area contributed by atoms with Crippen LogP contribution in [0.2, 0.25) is 10.0 Å². The maximum absolute atomic E-state index is 12.6. The van der Waals surface area contributed by atoms with E-state index in [9.17, 15) is 14.9 Å². The molecule has 25 heavy (non-hydrogen) atoms. The van der Waals surface area contributed by atoms with Gasteiger partial charge in [-0.1, -0.05) is 23.2 Å². The second kappa shape index (κ2) is 6.62. The number of imidazole rings is 1. The van der Waals surface area contributed by atoms with Crippen molar-refractivity contribution in [3.8, 4) is 0 Å². The highest BCUT2D eigenvalue weighted by atomic mass is 79.9. The average molecular weight is 444 g/mol. The molecule has 2 aromatic heterocycles. The minimum absolute atomic E-state index is 0.0146. The fraction of sp³-hybridized carbons (Fsp3) is 0.0667. The van der Waals surface area contributed by atoms with Crippen molar-refractivity contribution in [1.29, 1.82) is 0 Å². The Morgan fingerprint density at radius 3 is 2.76 bits per heavy atom. The van der Waals surface area contributed by atoms with Gasteiger partial charge in [0.1, 0.15) is 9.63 Å². The van der Waals surface area contributed by atoms with Crippen molar-refractivity contribution in [2.75, 3.05) is 5.32 Å². The maximum Gasteiger partial charge on any atom is 0.288 e. The Balaban J connectivity index is 2.06. The van der Waals surface area contributed by atoms with Crippen LogP contribution in [-0.4, -0.2) is 20.2 Å². The number of hydrogen-bond donors (Lipinski definition) is 1. The Morgan fingerprint density at radius 1 is 1.36 bits per heavy atom. The monoisotopic (exact) mass is 442 g/mol. The highest BCUT2D eigenvalue weighted by molar-refractivity contribution is 9.10. The zero-order valence-corrected chi connectivity index (χ0v) is 15.7. The van der Waals surface area contributed by atoms with Crippen LogP contribution in [0.3, 0.4) is 0 Å². The number of fused-ring (bicyclic) bond motifs is 1. The van der Waals surface area contributed by atoms with Crippen molar-refractivity contribution < 1.29 is 9.72 Å². The van der Waals surface area contributed by atoms with Gasteiger partial charge in [0.25, 0.3) is 11.6 Å². The van der Waals surface area contributed by atoms with Gasteiger partial charge in [-0.25, -0.2) is 4.98 Å². The maximum atomic E-state index is 12.6. The lowest BCUT2D eigenvalue weighted by molar-refractivity contribution is -0.384. The Labute approximate surface area is 159 Å². The summed E-state index contributed by atoms with van der Waals surface area (Å²) < 4.78 is 2.51. The number of amides is 1. The Bertz CT molecular complexity index is 1040. The summed E-state index contributed by atoms with van der Waals surface area (Å²) in [5.41, 5.74) is 1.11. The van der Waals surface area contributed by atoms with Crippen LogP contribution in [0.1, 0.15) is 16.1 Å². The molecular formula is C15H9BrCl2N4O3. The first-order valence-electron chi connectivity index (χ1n) is 6.88. The minimum atomic E-state index is -0.675. The highest BCUT2D eigenvalue weighted by Gasteiger charge is 2.24. The number of nitro benzene ring substituents is 1. The van der Waals surface area contributed by atoms with Gasteiger partial charge in [-0.15, -0.1) is 0 Å². The van der Waals surface area contributed by atoms with E-state index >= 15 is 0 Å². The molecule has 10 heteroatoms. The van der Waals surface area contributed by atoms with Gasteiger partial charge in [-0.2, -0.15) is 0 Å². The number of nitrogens with one attached hydrogen (secondary N) is 1. The quantitative estimate of drug-likeness (QED) is 0.461. The Hall–Kier alpha value is -2.16. The molecule has 0 saturated heterocycles. The number of anilines is 1. The molecule has 0 unspecified atom stereocenters. The van der Waals surface area contributed by atoms with Gasteiger partial charge in [0.2, 0.25) is 0 Å². The summed E-state index contributed by atoms with van der Waals surface area (Å²) in [5.74, 6) is -0.663. The number of aryl methyl sites for hydroxylation is 1. The first-order chi connectivity index (χ1) is 11.8. The molecule has 7 nitrogen and oxygen atoms in total. The first kappa shape index (κ1) is 17.7. The molecule has 0 atom stereocenters. The van der Waals surface area contributed by atoms with E-state index in [0.717, 1.165) is 16.4 Å². The van der Waals surface area contributed by atoms with Gasteiger partial charge in [0.05, 0.1) is 26.9 Å². The number of halogens is 3. The molecule has 2 heterocycles. The van der Waals surface area contributed by atoms with Gasteiger partial charge < -0.3 is 5.32 Å². The van der Waals surface area contributed by atoms with Crippen molar-refractivity contribution in [1.82, 2.24) is 9.38 Å². The lowest BCUT2D eigenvalue weighted by Gasteiger charge is -2.09. The smallest absolute Gasteiger partial charge is 0.288 e. The number of aromatic nitrogens is 2. The number of carbonyl (C=O) groups excluding carboxylic acids is 1. The molecule has 0 saturated carbocycles. The normalized spacial score (nSPS) is 10.9. The third-order valence-corrected chi connectivity index (χ3v) is 5.15. The largest absolute Gasteiger partial charge is 0.319 e. The fourth-order valence-corrected chi connectivity index (χ4v) is 3.31. The van der Waals surface area contributed by atoms with Gasteiger partial charge in [0, 0.05) is 12.3 Å². The van der Waals surface area contributed by atoms with E-state index in [2.05, 4.69) is 26.2 Å². The molecule has 0 aliphatic rings. The third kappa shape index (κ3) is 3.08. The number of carbonyl (C=O) groups is 1. The standard InChI is InChI=1S/C15H9BrCl2N4O3/c1-7-13(16)21-6-2-3-9(14(21)19-7)20-15(23)11-8(17)4-5-10(12(11)18)22(24)25/h2-6H,1H3,(H,20,23). The van der Waals surface area contributed by atoms with Gasteiger partial charge in [-0.3, -0.25) is 19.3 Å². The van der Waals surface area contributed by atoms with E-state index in [-0.39, 0.29) is 15.6 Å². The van der Waals surface area contributed by atoms with Gasteiger partial charge >= 0.3 is 0 Å². The molecular weight excluding hydrogens is 435 g/mol. The minimum Gasteiger partial charge on any atom is -0.319 e. The number of nitrogens with zero attached hydrogens (tertiary/aromatic N) is 3. The van der Waals surface area contributed by atoms with E-state index in [4.69, 9.17) is 23.2 Å². The van der Waals surface area contributed by atoms with Crippen molar-refractivity contribution >= 4 is 62.1 Å². The van der Waals surface area contributed by atoms with Gasteiger partial charge in [0.15, 0.2) is 5.65 Å². The van der Waals surface area contributed by atoms with Crippen LogP contribution < -0.4 is 5.32 Å². The summed E-state index contributed by atoms with van der Waals surface area (Å²) in [4.78, 5) is 27.3. The predicted molar refractivity (Wildman–Crippen MR) is 98.7 cm³/mol. The van der Waals surface area contributed by atoms with E-state index in [1.807, 2.05) is 6.92 Å². The molecule has 0 spiro atoms. The molecule has 0 radical (unpaired) electrons. The molecule has 0 aliphatic heterocycles. The SMILES string of the molecule is Cc1nc2c(NC(=O)c3c(Cl)ccc([N+](=O)[O-])c3Cl)cccn2c1Br. The second-order valence-corrected chi connectivity index (χ2v) is 6.61. The lowest BCUT2D eigenvalue weighted by Crippen LogP contribution is -2.14. The number of nitro groups is 1. The predicted octanol–water partition coefficient (Wildman–Crippen LogP) is 4.87. The first-order valence-corrected chi connectivity index (χ1v) is 8.43.